The summed E-state index contributed by atoms with van der Waals surface area (Å²) in [6.45, 7) is 3.40. The molecule has 1 aliphatic rings. The van der Waals surface area contributed by atoms with Crippen LogP contribution < -0.4 is 10.5 Å². The first-order chi connectivity index (χ1) is 8.29. The minimum atomic E-state index is 0.370. The molecule has 0 aliphatic carbocycles. The second-order valence-electron chi connectivity index (χ2n) is 3.92. The molecule has 1 saturated heterocycles. The quantitative estimate of drug-likeness (QED) is 0.817. The second kappa shape index (κ2) is 6.12. The number of aromatic nitrogens is 1. The fourth-order valence-electron chi connectivity index (χ4n) is 1.72. The Morgan fingerprint density at radius 1 is 1.59 bits per heavy atom. The Bertz CT molecular complexity index is 368. The van der Waals surface area contributed by atoms with E-state index in [2.05, 4.69) is 4.98 Å². The average Bonchev–Trinajstić information content (AvgIpc) is 2.83. The molecule has 1 fully saturated rings. The van der Waals surface area contributed by atoms with Gasteiger partial charge in [-0.05, 0) is 31.9 Å². The molecule has 1 aromatic heterocycles. The molecule has 94 valence electrons. The highest BCUT2D eigenvalue weighted by molar-refractivity contribution is 7.99. The Kier molecular flexibility index (Phi) is 4.50. The normalized spacial score (nSPS) is 19.5. The van der Waals surface area contributed by atoms with Gasteiger partial charge in [0.05, 0.1) is 18.4 Å². The lowest BCUT2D eigenvalue weighted by atomic mass is 10.3. The van der Waals surface area contributed by atoms with E-state index < -0.39 is 0 Å². The topological polar surface area (TPSA) is 57.4 Å². The van der Waals surface area contributed by atoms with Gasteiger partial charge in [-0.1, -0.05) is 0 Å². The SMILES string of the molecule is CCOc1nc(SCC2CCCO2)ccc1N. The lowest BCUT2D eigenvalue weighted by molar-refractivity contribution is 0.129. The predicted molar refractivity (Wildman–Crippen MR) is 69.5 cm³/mol. The van der Waals surface area contributed by atoms with Gasteiger partial charge >= 0.3 is 0 Å². The largest absolute Gasteiger partial charge is 0.476 e. The van der Waals surface area contributed by atoms with Crippen LogP contribution in [-0.2, 0) is 4.74 Å². The monoisotopic (exact) mass is 254 g/mol. The summed E-state index contributed by atoms with van der Waals surface area (Å²) in [6, 6.07) is 3.77. The van der Waals surface area contributed by atoms with E-state index in [1.807, 2.05) is 19.1 Å². The Morgan fingerprint density at radius 3 is 3.18 bits per heavy atom. The summed E-state index contributed by atoms with van der Waals surface area (Å²) in [5.74, 6) is 1.48. The number of ether oxygens (including phenoxy) is 2. The summed E-state index contributed by atoms with van der Waals surface area (Å²) in [4.78, 5) is 4.38. The van der Waals surface area contributed by atoms with Gasteiger partial charge in [0.2, 0.25) is 5.88 Å². The molecular formula is C12H18N2O2S. The van der Waals surface area contributed by atoms with Crippen molar-refractivity contribution >= 4 is 17.4 Å². The van der Waals surface area contributed by atoms with Crippen LogP contribution in [0.15, 0.2) is 17.2 Å². The number of pyridine rings is 1. The smallest absolute Gasteiger partial charge is 0.238 e. The Labute approximate surface area is 106 Å². The average molecular weight is 254 g/mol. The standard InChI is InChI=1S/C12H18N2O2S/c1-2-15-12-10(13)5-6-11(14-12)17-8-9-4-3-7-16-9/h5-6,9H,2-4,7-8,13H2,1H3. The predicted octanol–water partition coefficient (Wildman–Crippen LogP) is 2.33. The maximum absolute atomic E-state index is 5.77. The van der Waals surface area contributed by atoms with Crippen LogP contribution >= 0.6 is 11.8 Å². The van der Waals surface area contributed by atoms with Crippen LogP contribution in [0, 0.1) is 0 Å². The molecule has 1 aromatic rings. The van der Waals surface area contributed by atoms with Gasteiger partial charge in [-0.25, -0.2) is 4.98 Å². The van der Waals surface area contributed by atoms with Gasteiger partial charge in [-0.2, -0.15) is 0 Å². The van der Waals surface area contributed by atoms with Crippen molar-refractivity contribution in [2.75, 3.05) is 24.7 Å². The van der Waals surface area contributed by atoms with Crippen molar-refractivity contribution in [3.05, 3.63) is 12.1 Å². The molecule has 0 saturated carbocycles. The van der Waals surface area contributed by atoms with E-state index in [4.69, 9.17) is 15.2 Å². The molecule has 0 bridgehead atoms. The van der Waals surface area contributed by atoms with Crippen LogP contribution in [0.5, 0.6) is 5.88 Å². The van der Waals surface area contributed by atoms with Crippen LogP contribution in [-0.4, -0.2) is 30.1 Å². The number of rotatable bonds is 5. The van der Waals surface area contributed by atoms with Gasteiger partial charge in [0, 0.05) is 12.4 Å². The third kappa shape index (κ3) is 3.51. The van der Waals surface area contributed by atoms with Gasteiger partial charge in [0.1, 0.15) is 5.03 Å². The second-order valence-corrected chi connectivity index (χ2v) is 4.96. The first-order valence-electron chi connectivity index (χ1n) is 5.93. The molecule has 0 aromatic carbocycles. The van der Waals surface area contributed by atoms with E-state index in [0.29, 0.717) is 24.3 Å². The Balaban J connectivity index is 1.93. The van der Waals surface area contributed by atoms with Crippen molar-refractivity contribution in [2.24, 2.45) is 0 Å². The van der Waals surface area contributed by atoms with Crippen molar-refractivity contribution in [2.45, 2.75) is 30.9 Å². The number of hydrogen-bond acceptors (Lipinski definition) is 5. The number of nitrogen functional groups attached to an aromatic ring is 1. The zero-order chi connectivity index (χ0) is 12.1. The third-order valence-electron chi connectivity index (χ3n) is 2.59. The van der Waals surface area contributed by atoms with Crippen molar-refractivity contribution in [1.82, 2.24) is 4.98 Å². The lowest BCUT2D eigenvalue weighted by Gasteiger charge is -2.10. The van der Waals surface area contributed by atoms with Crippen molar-refractivity contribution in [3.63, 3.8) is 0 Å². The summed E-state index contributed by atoms with van der Waals surface area (Å²) in [6.07, 6.45) is 2.69. The molecule has 0 amide bonds. The van der Waals surface area contributed by atoms with Gasteiger partial charge in [0.25, 0.3) is 0 Å². The maximum atomic E-state index is 5.77. The molecule has 17 heavy (non-hydrogen) atoms. The summed E-state index contributed by atoms with van der Waals surface area (Å²) in [5.41, 5.74) is 6.36. The van der Waals surface area contributed by atoms with Crippen molar-refractivity contribution in [3.8, 4) is 5.88 Å². The van der Waals surface area contributed by atoms with Gasteiger partial charge < -0.3 is 15.2 Å². The molecular weight excluding hydrogens is 236 g/mol. The van der Waals surface area contributed by atoms with Gasteiger partial charge in [0.15, 0.2) is 0 Å². The number of thioether (sulfide) groups is 1. The third-order valence-corrected chi connectivity index (χ3v) is 3.65. The Morgan fingerprint density at radius 2 is 2.47 bits per heavy atom. The molecule has 2 heterocycles. The van der Waals surface area contributed by atoms with Crippen molar-refractivity contribution < 1.29 is 9.47 Å². The minimum absolute atomic E-state index is 0.370. The number of hydrogen-bond donors (Lipinski definition) is 1. The molecule has 1 aliphatic heterocycles. The maximum Gasteiger partial charge on any atom is 0.238 e. The molecule has 0 spiro atoms. The fourth-order valence-corrected chi connectivity index (χ4v) is 2.65. The van der Waals surface area contributed by atoms with Gasteiger partial charge in [-0.15, -0.1) is 11.8 Å². The molecule has 2 N–H and O–H groups in total. The molecule has 2 rings (SSSR count). The highest BCUT2D eigenvalue weighted by Gasteiger charge is 2.16. The van der Waals surface area contributed by atoms with E-state index >= 15 is 0 Å². The number of anilines is 1. The van der Waals surface area contributed by atoms with E-state index in [-0.39, 0.29) is 0 Å². The summed E-state index contributed by atoms with van der Waals surface area (Å²) < 4.78 is 10.9. The molecule has 4 nitrogen and oxygen atoms in total. The zero-order valence-electron chi connectivity index (χ0n) is 10.0. The van der Waals surface area contributed by atoms with Crippen molar-refractivity contribution in [1.29, 1.82) is 0 Å². The summed E-state index contributed by atoms with van der Waals surface area (Å²) in [7, 11) is 0. The van der Waals surface area contributed by atoms with Crippen LogP contribution in [0.1, 0.15) is 19.8 Å². The number of nitrogens with two attached hydrogens (primary N) is 1. The first kappa shape index (κ1) is 12.5. The number of nitrogens with zero attached hydrogens (tertiary/aromatic N) is 1. The highest BCUT2D eigenvalue weighted by atomic mass is 32.2. The molecule has 0 radical (unpaired) electrons. The van der Waals surface area contributed by atoms with Gasteiger partial charge in [-0.3, -0.25) is 0 Å². The van der Waals surface area contributed by atoms with E-state index in [9.17, 15) is 0 Å². The minimum Gasteiger partial charge on any atom is -0.476 e. The van der Waals surface area contributed by atoms with E-state index in [1.54, 1.807) is 11.8 Å². The van der Waals surface area contributed by atoms with Crippen LogP contribution in [0.25, 0.3) is 0 Å². The van der Waals surface area contributed by atoms with E-state index in [1.165, 1.54) is 6.42 Å². The summed E-state index contributed by atoms with van der Waals surface area (Å²) >= 11 is 1.69. The van der Waals surface area contributed by atoms with Crippen LogP contribution in [0.2, 0.25) is 0 Å². The molecule has 1 unspecified atom stereocenters. The summed E-state index contributed by atoms with van der Waals surface area (Å²) in [5, 5.41) is 0.943. The van der Waals surface area contributed by atoms with Crippen LogP contribution in [0.3, 0.4) is 0 Å². The van der Waals surface area contributed by atoms with Crippen LogP contribution in [0.4, 0.5) is 5.69 Å². The van der Waals surface area contributed by atoms with E-state index in [0.717, 1.165) is 23.8 Å². The lowest BCUT2D eigenvalue weighted by Crippen LogP contribution is -2.08. The Hall–Kier alpha value is -0.940. The molecule has 5 heteroatoms. The molecule has 1 atom stereocenters. The zero-order valence-corrected chi connectivity index (χ0v) is 10.8. The highest BCUT2D eigenvalue weighted by Crippen LogP contribution is 2.26. The fraction of sp³-hybridized carbons (Fsp3) is 0.583. The first-order valence-corrected chi connectivity index (χ1v) is 6.92.